The number of cyclic esters (lactones) is 1. The van der Waals surface area contributed by atoms with Gasteiger partial charge in [0.15, 0.2) is 0 Å². The van der Waals surface area contributed by atoms with Crippen LogP contribution >= 0.6 is 0 Å². The molecule has 1 saturated heterocycles. The van der Waals surface area contributed by atoms with Crippen LogP contribution in [0.1, 0.15) is 119 Å². The van der Waals surface area contributed by atoms with Gasteiger partial charge >= 0.3 is 18.2 Å². The number of hydroxylamine groups is 2. The van der Waals surface area contributed by atoms with Crippen molar-refractivity contribution in [2.45, 2.75) is 116 Å². The summed E-state index contributed by atoms with van der Waals surface area (Å²) in [6.07, 6.45) is 13.0. The third-order valence-corrected chi connectivity index (χ3v) is 7.87. The van der Waals surface area contributed by atoms with Crippen LogP contribution in [-0.2, 0) is 33.0 Å². The Kier molecular flexibility index (Phi) is 10.7. The highest BCUT2D eigenvalue weighted by molar-refractivity contribution is 5.75. The zero-order valence-corrected chi connectivity index (χ0v) is 24.0. The number of carboxylic acid groups (broad SMARTS) is 1. The first-order chi connectivity index (χ1) is 19.5. The second-order valence-electron chi connectivity index (χ2n) is 10.8. The van der Waals surface area contributed by atoms with Gasteiger partial charge in [-0.3, -0.25) is 0 Å². The molecule has 2 unspecified atom stereocenters. The fraction of sp³-hybridized carbons (Fsp3) is 0.562. The lowest BCUT2D eigenvalue weighted by Crippen LogP contribution is -2.64. The maximum absolute atomic E-state index is 12.7. The molecule has 8 nitrogen and oxygen atoms in total. The van der Waals surface area contributed by atoms with Gasteiger partial charge in [0.05, 0.1) is 11.3 Å². The van der Waals surface area contributed by atoms with Crippen molar-refractivity contribution >= 4 is 18.0 Å². The van der Waals surface area contributed by atoms with Crippen molar-refractivity contribution in [1.82, 2.24) is 5.06 Å². The van der Waals surface area contributed by atoms with E-state index in [1.54, 1.807) is 24.3 Å². The fourth-order valence-corrected chi connectivity index (χ4v) is 5.75. The van der Waals surface area contributed by atoms with Crippen molar-refractivity contribution < 1.29 is 29.0 Å². The Bertz CT molecular complexity index is 1120. The number of nitrogens with one attached hydrogen (secondary N) is 1. The van der Waals surface area contributed by atoms with Crippen molar-refractivity contribution in [1.29, 1.82) is 0 Å². The topological polar surface area (TPSA) is 97.3 Å². The summed E-state index contributed by atoms with van der Waals surface area (Å²) in [6, 6.07) is 13.0. The predicted octanol–water partition coefficient (Wildman–Crippen LogP) is 8.81. The molecule has 1 fully saturated rings. The van der Waals surface area contributed by atoms with Gasteiger partial charge in [-0.1, -0.05) is 114 Å². The van der Waals surface area contributed by atoms with Crippen LogP contribution in [0.2, 0.25) is 0 Å². The van der Waals surface area contributed by atoms with Gasteiger partial charge in [0, 0.05) is 5.56 Å². The van der Waals surface area contributed by atoms with Crippen molar-refractivity contribution in [3.63, 3.8) is 0 Å². The third kappa shape index (κ3) is 6.89. The minimum atomic E-state index is -1.60. The molecule has 2 aliphatic heterocycles. The minimum Gasteiger partial charge on any atom is -0.448 e. The normalized spacial score (nSPS) is 19.8. The number of aryl methyl sites for hydroxylation is 1. The SMILES string of the molecule is CCCCCCCCc1ccc2c(c1CCCCCCCC)NC21OC(=O)OC(c2ccccc2)N1OC(=O)O. The second-order valence-corrected chi connectivity index (χ2v) is 10.8. The molecular weight excluding hydrogens is 508 g/mol. The number of nitrogens with zero attached hydrogens (tertiary/aromatic N) is 1. The molecule has 0 saturated carbocycles. The summed E-state index contributed by atoms with van der Waals surface area (Å²) < 4.78 is 11.1. The van der Waals surface area contributed by atoms with Gasteiger partial charge in [0.2, 0.25) is 6.23 Å². The highest BCUT2D eigenvalue weighted by Crippen LogP contribution is 2.53. The van der Waals surface area contributed by atoms with Gasteiger partial charge in [-0.2, -0.15) is 0 Å². The van der Waals surface area contributed by atoms with Crippen LogP contribution in [0, 0.1) is 0 Å². The number of benzene rings is 2. The van der Waals surface area contributed by atoms with Crippen molar-refractivity contribution in [3.8, 4) is 0 Å². The van der Waals surface area contributed by atoms with E-state index >= 15 is 0 Å². The number of hydrogen-bond acceptors (Lipinski definition) is 7. The Morgan fingerprint density at radius 3 is 2.17 bits per heavy atom. The molecule has 2 N–H and O–H groups in total. The summed E-state index contributed by atoms with van der Waals surface area (Å²) in [5, 5.41) is 14.0. The lowest BCUT2D eigenvalue weighted by Gasteiger charge is -2.52. The maximum Gasteiger partial charge on any atom is 0.525 e. The Labute approximate surface area is 237 Å². The highest BCUT2D eigenvalue weighted by atomic mass is 16.9. The number of unbranched alkanes of at least 4 members (excludes halogenated alkanes) is 10. The fourth-order valence-electron chi connectivity index (χ4n) is 5.75. The van der Waals surface area contributed by atoms with Crippen LogP contribution in [0.4, 0.5) is 15.3 Å². The van der Waals surface area contributed by atoms with Crippen LogP contribution in [0.15, 0.2) is 42.5 Å². The first-order valence-electron chi connectivity index (χ1n) is 15.1. The van der Waals surface area contributed by atoms with Crippen LogP contribution in [0.5, 0.6) is 0 Å². The van der Waals surface area contributed by atoms with E-state index in [1.165, 1.54) is 75.3 Å². The standard InChI is InChI=1S/C32H44N2O6/c1-3-5-7-9-11-14-18-24-22-23-27-28(26(24)21-17-12-10-8-6-4-2)33-32(27)34(40-30(35)36)29(38-31(37)39-32)25-19-15-13-16-20-25/h13,15-16,19-20,22-23,29,33H,3-12,14,17-18,21H2,1-2H3,(H,35,36). The van der Waals surface area contributed by atoms with E-state index in [4.69, 9.17) is 14.3 Å². The van der Waals surface area contributed by atoms with E-state index < -0.39 is 24.4 Å². The number of anilines is 1. The van der Waals surface area contributed by atoms with Gasteiger partial charge in [0.25, 0.3) is 0 Å². The molecule has 0 amide bonds. The first kappa shape index (κ1) is 29.7. The molecule has 0 bridgehead atoms. The van der Waals surface area contributed by atoms with Crippen LogP contribution < -0.4 is 5.32 Å². The number of fused-ring (bicyclic) bond motifs is 2. The molecule has 2 aromatic rings. The molecule has 218 valence electrons. The van der Waals surface area contributed by atoms with E-state index in [0.717, 1.165) is 36.4 Å². The van der Waals surface area contributed by atoms with Crippen molar-refractivity contribution in [2.24, 2.45) is 0 Å². The molecule has 0 aromatic heterocycles. The number of carbonyl (C=O) groups excluding carboxylic acids is 1. The average Bonchev–Trinajstić information content (AvgIpc) is 2.94. The zero-order valence-electron chi connectivity index (χ0n) is 24.0. The van der Waals surface area contributed by atoms with Crippen molar-refractivity contribution in [2.75, 3.05) is 5.32 Å². The molecule has 0 aliphatic carbocycles. The van der Waals surface area contributed by atoms with Gasteiger partial charge < -0.3 is 24.7 Å². The molecule has 2 heterocycles. The highest BCUT2D eigenvalue weighted by Gasteiger charge is 2.61. The zero-order chi connectivity index (χ0) is 28.4. The molecule has 40 heavy (non-hydrogen) atoms. The molecule has 1 spiro atoms. The number of rotatable bonds is 16. The minimum absolute atomic E-state index is 0.571. The molecule has 0 radical (unpaired) electrons. The lowest BCUT2D eigenvalue weighted by molar-refractivity contribution is -0.359. The van der Waals surface area contributed by atoms with Crippen LogP contribution in [-0.4, -0.2) is 22.5 Å². The Balaban J connectivity index is 1.60. The van der Waals surface area contributed by atoms with Gasteiger partial charge in [0.1, 0.15) is 0 Å². The number of hydrogen-bond donors (Lipinski definition) is 2. The van der Waals surface area contributed by atoms with Crippen molar-refractivity contribution in [3.05, 3.63) is 64.7 Å². The summed E-state index contributed by atoms with van der Waals surface area (Å²) in [5.74, 6) is -1.60. The van der Waals surface area contributed by atoms with E-state index in [0.29, 0.717) is 11.1 Å². The predicted molar refractivity (Wildman–Crippen MR) is 154 cm³/mol. The second kappa shape index (κ2) is 14.4. The molecule has 2 aromatic carbocycles. The average molecular weight is 553 g/mol. The van der Waals surface area contributed by atoms with Crippen LogP contribution in [0.25, 0.3) is 0 Å². The molecular formula is C32H44N2O6. The summed E-state index contributed by atoms with van der Waals surface area (Å²) in [5.41, 5.74) is 4.67. The quantitative estimate of drug-likeness (QED) is 0.157. The van der Waals surface area contributed by atoms with Gasteiger partial charge in [-0.15, -0.1) is 0 Å². The third-order valence-electron chi connectivity index (χ3n) is 7.87. The summed E-state index contributed by atoms with van der Waals surface area (Å²) in [6.45, 7) is 4.46. The Morgan fingerprint density at radius 2 is 1.52 bits per heavy atom. The van der Waals surface area contributed by atoms with Gasteiger partial charge in [-0.05, 0) is 47.9 Å². The Morgan fingerprint density at radius 1 is 0.900 bits per heavy atom. The maximum atomic E-state index is 12.7. The monoisotopic (exact) mass is 552 g/mol. The summed E-state index contributed by atoms with van der Waals surface area (Å²) >= 11 is 0. The van der Waals surface area contributed by atoms with E-state index in [1.807, 2.05) is 12.1 Å². The van der Waals surface area contributed by atoms with Gasteiger partial charge in [-0.25, -0.2) is 9.59 Å². The number of carbonyl (C=O) groups is 2. The Hall–Kier alpha value is -3.26. The lowest BCUT2D eigenvalue weighted by atomic mass is 9.86. The summed E-state index contributed by atoms with van der Waals surface area (Å²) in [7, 11) is 0. The summed E-state index contributed by atoms with van der Waals surface area (Å²) in [4.78, 5) is 29.7. The van der Waals surface area contributed by atoms with E-state index in [9.17, 15) is 14.7 Å². The smallest absolute Gasteiger partial charge is 0.448 e. The molecule has 4 rings (SSSR count). The largest absolute Gasteiger partial charge is 0.525 e. The molecule has 2 aliphatic rings. The first-order valence-corrected chi connectivity index (χ1v) is 15.1. The number of ether oxygens (including phenoxy) is 2. The van der Waals surface area contributed by atoms with E-state index in [-0.39, 0.29) is 0 Å². The van der Waals surface area contributed by atoms with E-state index in [2.05, 4.69) is 25.2 Å². The van der Waals surface area contributed by atoms with Crippen LogP contribution in [0.3, 0.4) is 0 Å². The molecule has 2 atom stereocenters. The molecule has 8 heteroatoms.